The molecule has 0 aliphatic rings. The number of hydrogen-bond donors (Lipinski definition) is 2. The lowest BCUT2D eigenvalue weighted by Crippen LogP contribution is -2.39. The van der Waals surface area contributed by atoms with Crippen LogP contribution in [0, 0.1) is 13.8 Å². The summed E-state index contributed by atoms with van der Waals surface area (Å²) in [5.41, 5.74) is 4.06. The third-order valence-electron chi connectivity index (χ3n) is 4.90. The highest BCUT2D eigenvalue weighted by molar-refractivity contribution is 5.78. The van der Waals surface area contributed by atoms with Gasteiger partial charge in [-0.3, -0.25) is 4.79 Å². The molecule has 28 heavy (non-hydrogen) atoms. The lowest BCUT2D eigenvalue weighted by molar-refractivity contribution is 0.209. The van der Waals surface area contributed by atoms with Crippen molar-refractivity contribution in [3.63, 3.8) is 0 Å². The fourth-order valence-electron chi connectivity index (χ4n) is 3.20. The van der Waals surface area contributed by atoms with Gasteiger partial charge in [0.1, 0.15) is 5.82 Å². The van der Waals surface area contributed by atoms with Crippen LogP contribution in [0.1, 0.15) is 23.5 Å². The lowest BCUT2D eigenvalue weighted by atomic mass is 10.2. The van der Waals surface area contributed by atoms with E-state index in [0.717, 1.165) is 28.1 Å². The first kappa shape index (κ1) is 19.7. The Morgan fingerprint density at radius 2 is 2.00 bits per heavy atom. The number of H-pyrrole nitrogens is 1. The largest absolute Gasteiger partial charge is 0.342 e. The van der Waals surface area contributed by atoms with Gasteiger partial charge < -0.3 is 19.8 Å². The highest BCUT2D eigenvalue weighted by atomic mass is 16.2. The van der Waals surface area contributed by atoms with Crippen molar-refractivity contribution in [2.24, 2.45) is 0 Å². The third kappa shape index (κ3) is 4.60. The first-order chi connectivity index (χ1) is 13.5. The van der Waals surface area contributed by atoms with E-state index in [1.165, 1.54) is 0 Å². The zero-order valence-electron chi connectivity index (χ0n) is 16.7. The third-order valence-corrected chi connectivity index (χ3v) is 4.90. The Morgan fingerprint density at radius 3 is 2.75 bits per heavy atom. The molecule has 2 N–H and O–H groups in total. The van der Waals surface area contributed by atoms with Crippen molar-refractivity contribution >= 4 is 17.1 Å². The summed E-state index contributed by atoms with van der Waals surface area (Å²) >= 11 is 0. The molecule has 1 aromatic carbocycles. The second-order valence-electron chi connectivity index (χ2n) is 7.07. The van der Waals surface area contributed by atoms with Gasteiger partial charge in [-0.2, -0.15) is 0 Å². The molecule has 0 saturated carbocycles. The van der Waals surface area contributed by atoms with E-state index in [0.29, 0.717) is 32.5 Å². The molecule has 2 amide bonds. The van der Waals surface area contributed by atoms with Gasteiger partial charge in [-0.15, -0.1) is 0 Å². The number of aromatic nitrogens is 3. The van der Waals surface area contributed by atoms with Crippen LogP contribution in [0.3, 0.4) is 0 Å². The number of nitrogens with zero attached hydrogens (tertiary/aromatic N) is 3. The summed E-state index contributed by atoms with van der Waals surface area (Å²) in [6, 6.07) is 11.2. The molecule has 0 aliphatic heterocycles. The van der Waals surface area contributed by atoms with Gasteiger partial charge >= 0.3 is 6.03 Å². The summed E-state index contributed by atoms with van der Waals surface area (Å²) < 4.78 is 1.72. The molecule has 7 heteroatoms. The van der Waals surface area contributed by atoms with Crippen molar-refractivity contribution in [1.29, 1.82) is 0 Å². The predicted octanol–water partition coefficient (Wildman–Crippen LogP) is 2.62. The number of carbonyl (C=O) groups excluding carboxylic acids is 1. The van der Waals surface area contributed by atoms with Crippen molar-refractivity contribution < 1.29 is 4.79 Å². The number of likely N-dealkylation sites (N-methyl/N-ethyl adjacent to an activating group) is 1. The van der Waals surface area contributed by atoms with E-state index >= 15 is 0 Å². The number of rotatable bonds is 7. The summed E-state index contributed by atoms with van der Waals surface area (Å²) in [7, 11) is 1.77. The van der Waals surface area contributed by atoms with E-state index in [9.17, 15) is 9.59 Å². The average molecular weight is 381 g/mol. The zero-order valence-corrected chi connectivity index (χ0v) is 16.7. The highest BCUT2D eigenvalue weighted by Crippen LogP contribution is 2.15. The number of carbonyl (C=O) groups is 1. The van der Waals surface area contributed by atoms with Crippen LogP contribution in [-0.2, 0) is 13.0 Å². The first-order valence-electron chi connectivity index (χ1n) is 9.55. The minimum absolute atomic E-state index is 0.00971. The molecule has 0 fully saturated rings. The first-order valence-corrected chi connectivity index (χ1v) is 9.55. The van der Waals surface area contributed by atoms with Crippen LogP contribution in [0.4, 0.5) is 4.79 Å². The van der Waals surface area contributed by atoms with Gasteiger partial charge in [0.15, 0.2) is 0 Å². The zero-order chi connectivity index (χ0) is 20.1. The van der Waals surface area contributed by atoms with Crippen molar-refractivity contribution in [2.45, 2.75) is 33.2 Å². The quantitative estimate of drug-likeness (QED) is 0.617. The smallest absolute Gasteiger partial charge is 0.317 e. The van der Waals surface area contributed by atoms with Gasteiger partial charge in [-0.25, -0.2) is 9.78 Å². The molecule has 0 aliphatic carbocycles. The summed E-state index contributed by atoms with van der Waals surface area (Å²) in [6.45, 7) is 5.63. The average Bonchev–Trinajstić information content (AvgIpc) is 3.09. The van der Waals surface area contributed by atoms with Gasteiger partial charge in [0.25, 0.3) is 5.56 Å². The number of hydrogen-bond acceptors (Lipinski definition) is 3. The fraction of sp³-hybridized carbons (Fsp3) is 0.381. The van der Waals surface area contributed by atoms with E-state index in [-0.39, 0.29) is 11.6 Å². The van der Waals surface area contributed by atoms with Crippen molar-refractivity contribution in [3.05, 3.63) is 63.8 Å². The number of imidazole rings is 1. The standard InChI is InChI=1S/C21H27N5O2/c1-15-7-4-9-17-20(15)24-18(23-17)11-14-25(3)21(28)22-12-6-13-26-16(2)8-5-10-19(26)27/h4-5,7-10H,6,11-14H2,1-3H3,(H,22,28)(H,23,24). The Bertz CT molecular complexity index is 1020. The summed E-state index contributed by atoms with van der Waals surface area (Å²) in [6.07, 6.45) is 1.36. The molecule has 3 aromatic rings. The second-order valence-corrected chi connectivity index (χ2v) is 7.07. The van der Waals surface area contributed by atoms with Crippen LogP contribution in [0.2, 0.25) is 0 Å². The van der Waals surface area contributed by atoms with Gasteiger partial charge in [0.2, 0.25) is 0 Å². The predicted molar refractivity (Wildman–Crippen MR) is 111 cm³/mol. The molecule has 7 nitrogen and oxygen atoms in total. The molecule has 0 spiro atoms. The van der Waals surface area contributed by atoms with Crippen molar-refractivity contribution in [3.8, 4) is 0 Å². The molecule has 0 atom stereocenters. The Balaban J connectivity index is 1.44. The Labute approximate surface area is 164 Å². The van der Waals surface area contributed by atoms with E-state index in [1.807, 2.05) is 38.1 Å². The molecule has 0 unspecified atom stereocenters. The number of pyridine rings is 1. The van der Waals surface area contributed by atoms with Crippen LogP contribution in [0.15, 0.2) is 41.2 Å². The van der Waals surface area contributed by atoms with Gasteiger partial charge in [-0.1, -0.05) is 18.2 Å². The van der Waals surface area contributed by atoms with Crippen LogP contribution >= 0.6 is 0 Å². The normalized spacial score (nSPS) is 11.0. The van der Waals surface area contributed by atoms with E-state index in [1.54, 1.807) is 28.6 Å². The number of nitrogens with one attached hydrogen (secondary N) is 2. The van der Waals surface area contributed by atoms with E-state index in [4.69, 9.17) is 0 Å². The molecule has 0 saturated heterocycles. The maximum Gasteiger partial charge on any atom is 0.317 e. The fourth-order valence-corrected chi connectivity index (χ4v) is 3.20. The molecule has 148 valence electrons. The molecule has 2 aromatic heterocycles. The summed E-state index contributed by atoms with van der Waals surface area (Å²) in [5.74, 6) is 0.878. The number of urea groups is 1. The Kier molecular flexibility index (Phi) is 6.13. The maximum atomic E-state index is 12.3. The number of amides is 2. The van der Waals surface area contributed by atoms with Crippen LogP contribution < -0.4 is 10.9 Å². The van der Waals surface area contributed by atoms with Crippen LogP contribution in [0.25, 0.3) is 11.0 Å². The topological polar surface area (TPSA) is 83.0 Å². The molecule has 0 radical (unpaired) electrons. The lowest BCUT2D eigenvalue weighted by Gasteiger charge is -2.17. The van der Waals surface area contributed by atoms with Gasteiger partial charge in [0.05, 0.1) is 11.0 Å². The number of benzene rings is 1. The number of para-hydroxylation sites is 1. The monoisotopic (exact) mass is 381 g/mol. The summed E-state index contributed by atoms with van der Waals surface area (Å²) in [4.78, 5) is 33.7. The number of aromatic amines is 1. The Morgan fingerprint density at radius 1 is 1.21 bits per heavy atom. The molecular formula is C21H27N5O2. The van der Waals surface area contributed by atoms with Gasteiger partial charge in [-0.05, 0) is 38.0 Å². The van der Waals surface area contributed by atoms with E-state index in [2.05, 4.69) is 15.3 Å². The highest BCUT2D eigenvalue weighted by Gasteiger charge is 2.10. The molecular weight excluding hydrogens is 354 g/mol. The number of aryl methyl sites for hydroxylation is 2. The van der Waals surface area contributed by atoms with Crippen molar-refractivity contribution in [2.75, 3.05) is 20.1 Å². The van der Waals surface area contributed by atoms with Crippen LogP contribution in [-0.4, -0.2) is 45.6 Å². The number of fused-ring (bicyclic) bond motifs is 1. The van der Waals surface area contributed by atoms with Gasteiger partial charge in [0, 0.05) is 44.9 Å². The SMILES string of the molecule is Cc1cccc2[nH]c(CCN(C)C(=O)NCCCn3c(C)cccc3=O)nc12. The summed E-state index contributed by atoms with van der Waals surface area (Å²) in [5, 5.41) is 2.90. The molecule has 0 bridgehead atoms. The molecule has 2 heterocycles. The minimum atomic E-state index is -0.121. The van der Waals surface area contributed by atoms with Crippen molar-refractivity contribution in [1.82, 2.24) is 24.8 Å². The Hall–Kier alpha value is -3.09. The van der Waals surface area contributed by atoms with E-state index < -0.39 is 0 Å². The molecule has 3 rings (SSSR count). The van der Waals surface area contributed by atoms with Crippen LogP contribution in [0.5, 0.6) is 0 Å². The minimum Gasteiger partial charge on any atom is -0.342 e. The second kappa shape index (κ2) is 8.73. The maximum absolute atomic E-state index is 12.3.